The Balaban J connectivity index is 4.15. The van der Waals surface area contributed by atoms with Gasteiger partial charge in [0.25, 0.3) is 0 Å². The molecule has 0 saturated heterocycles. The molecule has 0 aliphatic carbocycles. The van der Waals surface area contributed by atoms with Gasteiger partial charge in [0.15, 0.2) is 0 Å². The molecule has 0 aliphatic heterocycles. The van der Waals surface area contributed by atoms with Crippen LogP contribution in [0.3, 0.4) is 0 Å². The molecule has 0 aromatic rings. The zero-order valence-electron chi connectivity index (χ0n) is 6.64. The number of allylic oxidation sites excluding steroid dienone is 2. The van der Waals surface area contributed by atoms with E-state index in [2.05, 4.69) is 20.7 Å². The zero-order chi connectivity index (χ0) is 8.20. The van der Waals surface area contributed by atoms with Crippen LogP contribution in [-0.4, -0.2) is 22.2 Å². The fraction of sp³-hybridized carbons (Fsp3) is 0.375. The summed E-state index contributed by atoms with van der Waals surface area (Å²) in [5, 5.41) is 0. The van der Waals surface area contributed by atoms with Crippen molar-refractivity contribution in [1.82, 2.24) is 0 Å². The van der Waals surface area contributed by atoms with Gasteiger partial charge in [-0.25, -0.2) is 0 Å². The summed E-state index contributed by atoms with van der Waals surface area (Å²) in [4.78, 5) is 17.3. The normalized spacial score (nSPS) is 11.4. The Hall–Kier alpha value is -0.231. The molecule has 2 heteroatoms. The fourth-order valence-corrected chi connectivity index (χ4v) is 2.04. The number of hydrogen-bond acceptors (Lipinski definition) is 1. The Bertz CT molecular complexity index is 190. The van der Waals surface area contributed by atoms with Crippen LogP contribution in [0.2, 0.25) is 14.8 Å². The summed E-state index contributed by atoms with van der Waals surface area (Å²) in [6.07, 6.45) is 7.95. The second-order valence-electron chi connectivity index (χ2n) is 3.11. The molecule has 0 unspecified atom stereocenters. The molecule has 0 bridgehead atoms. The van der Waals surface area contributed by atoms with E-state index >= 15 is 0 Å². The summed E-state index contributed by atoms with van der Waals surface area (Å²) in [5.41, 5.74) is 0. The van der Waals surface area contributed by atoms with Crippen molar-refractivity contribution in [2.24, 2.45) is 0 Å². The van der Waals surface area contributed by atoms with Crippen molar-refractivity contribution in [2.45, 2.75) is 14.8 Å². The second kappa shape index (κ2) is 3.82. The molecule has 0 radical (unpaired) electrons. The molecular formula is C8H12OSn. The van der Waals surface area contributed by atoms with Crippen molar-refractivity contribution in [1.29, 1.82) is 0 Å². The summed E-state index contributed by atoms with van der Waals surface area (Å²) in [6, 6.07) is 0. The summed E-state index contributed by atoms with van der Waals surface area (Å²) in [5.74, 6) is 2.30. The van der Waals surface area contributed by atoms with E-state index in [1.807, 2.05) is 0 Å². The molecule has 0 amide bonds. The van der Waals surface area contributed by atoms with Crippen LogP contribution in [0.4, 0.5) is 0 Å². The van der Waals surface area contributed by atoms with Gasteiger partial charge in [0.2, 0.25) is 0 Å². The SMILES string of the molecule is C#C/C=C\[C](=O)[Sn]([CH3])([CH3])[CH3]. The monoisotopic (exact) mass is 244 g/mol. The van der Waals surface area contributed by atoms with Crippen LogP contribution in [0, 0.1) is 12.3 Å². The zero-order valence-corrected chi connectivity index (χ0v) is 9.49. The van der Waals surface area contributed by atoms with Crippen molar-refractivity contribution in [3.05, 3.63) is 12.2 Å². The quantitative estimate of drug-likeness (QED) is 0.409. The average molecular weight is 243 g/mol. The van der Waals surface area contributed by atoms with Gasteiger partial charge in [-0.15, -0.1) is 0 Å². The molecule has 0 aromatic heterocycles. The maximum atomic E-state index is 11.1. The van der Waals surface area contributed by atoms with E-state index in [9.17, 15) is 4.79 Å². The Morgan fingerprint density at radius 3 is 2.30 bits per heavy atom. The molecule has 0 heterocycles. The van der Waals surface area contributed by atoms with Crippen LogP contribution < -0.4 is 0 Å². The summed E-state index contributed by atoms with van der Waals surface area (Å²) < 4.78 is 0.271. The molecule has 0 fully saturated rings. The average Bonchev–Trinajstić information content (AvgIpc) is 1.80. The molecule has 54 valence electrons. The number of rotatable bonds is 2. The minimum atomic E-state index is -2.29. The molecule has 0 rings (SSSR count). The van der Waals surface area contributed by atoms with Gasteiger partial charge >= 0.3 is 66.3 Å². The minimum absolute atomic E-state index is 0.271. The number of carbonyl (C=O) groups is 1. The van der Waals surface area contributed by atoms with Crippen LogP contribution in [0.25, 0.3) is 0 Å². The first-order chi connectivity index (χ1) is 4.48. The molecule has 0 atom stereocenters. The van der Waals surface area contributed by atoms with Gasteiger partial charge in [0.05, 0.1) is 0 Å². The topological polar surface area (TPSA) is 17.1 Å². The van der Waals surface area contributed by atoms with Crippen molar-refractivity contribution in [3.8, 4) is 12.3 Å². The van der Waals surface area contributed by atoms with Gasteiger partial charge in [-0.2, -0.15) is 0 Å². The van der Waals surface area contributed by atoms with Crippen LogP contribution in [-0.2, 0) is 4.79 Å². The van der Waals surface area contributed by atoms with E-state index in [-0.39, 0.29) is 3.80 Å². The van der Waals surface area contributed by atoms with Crippen molar-refractivity contribution in [3.63, 3.8) is 0 Å². The van der Waals surface area contributed by atoms with Gasteiger partial charge < -0.3 is 0 Å². The third-order valence-electron chi connectivity index (χ3n) is 1.07. The molecule has 0 aromatic carbocycles. The standard InChI is InChI=1S/C5H3O.3CH3.Sn/c1-2-3-4-5-6;;;;/h1,3-4H;3*1H3;/b4-3-;;;;. The summed E-state index contributed by atoms with van der Waals surface area (Å²) >= 11 is -2.29. The van der Waals surface area contributed by atoms with Gasteiger partial charge in [0.1, 0.15) is 0 Å². The van der Waals surface area contributed by atoms with Crippen LogP contribution >= 0.6 is 0 Å². The number of hydrogen-bond donors (Lipinski definition) is 0. The van der Waals surface area contributed by atoms with E-state index in [1.54, 1.807) is 0 Å². The molecule has 10 heavy (non-hydrogen) atoms. The van der Waals surface area contributed by atoms with Crippen molar-refractivity contribution < 1.29 is 4.79 Å². The van der Waals surface area contributed by atoms with Gasteiger partial charge in [-0.1, -0.05) is 0 Å². The first kappa shape index (κ1) is 9.77. The molecule has 0 N–H and O–H groups in total. The van der Waals surface area contributed by atoms with E-state index in [4.69, 9.17) is 6.42 Å². The van der Waals surface area contributed by atoms with E-state index in [0.29, 0.717) is 0 Å². The Morgan fingerprint density at radius 2 is 2.00 bits per heavy atom. The van der Waals surface area contributed by atoms with Gasteiger partial charge in [-0.3, -0.25) is 0 Å². The van der Waals surface area contributed by atoms with Gasteiger partial charge in [-0.05, 0) is 0 Å². The van der Waals surface area contributed by atoms with Crippen LogP contribution in [0.1, 0.15) is 0 Å². The number of terminal acetylenes is 1. The summed E-state index contributed by atoms with van der Waals surface area (Å²) in [6.45, 7) is 0. The molecule has 0 aliphatic rings. The predicted molar refractivity (Wildman–Crippen MR) is 46.3 cm³/mol. The molecular weight excluding hydrogens is 231 g/mol. The molecule has 0 saturated carbocycles. The van der Waals surface area contributed by atoms with E-state index in [0.717, 1.165) is 0 Å². The third kappa shape index (κ3) is 3.73. The second-order valence-corrected chi connectivity index (χ2v) is 17.4. The first-order valence-corrected chi connectivity index (χ1v) is 13.1. The Kier molecular flexibility index (Phi) is 3.73. The van der Waals surface area contributed by atoms with E-state index < -0.39 is 18.4 Å². The third-order valence-corrected chi connectivity index (χ3v) is 5.77. The fourth-order valence-electron chi connectivity index (χ4n) is 0.374. The predicted octanol–water partition coefficient (Wildman–Crippen LogP) is 1.62. The summed E-state index contributed by atoms with van der Waals surface area (Å²) in [7, 11) is 0. The van der Waals surface area contributed by atoms with Crippen molar-refractivity contribution in [2.75, 3.05) is 0 Å². The van der Waals surface area contributed by atoms with Crippen molar-refractivity contribution >= 4 is 22.2 Å². The van der Waals surface area contributed by atoms with Crippen LogP contribution in [0.5, 0.6) is 0 Å². The molecule has 1 nitrogen and oxygen atoms in total. The van der Waals surface area contributed by atoms with Crippen LogP contribution in [0.15, 0.2) is 12.2 Å². The number of carbonyl (C=O) groups excluding carboxylic acids is 1. The van der Waals surface area contributed by atoms with Gasteiger partial charge in [0, 0.05) is 0 Å². The van der Waals surface area contributed by atoms with E-state index in [1.165, 1.54) is 12.2 Å². The maximum absolute atomic E-state index is 11.1. The molecule has 0 spiro atoms. The Morgan fingerprint density at radius 1 is 1.50 bits per heavy atom. The Labute approximate surface area is 66.4 Å². The first-order valence-electron chi connectivity index (χ1n) is 3.15.